The monoisotopic (exact) mass is 269 g/mol. The largest absolute Gasteiger partial charge is 0.396 e. The average molecular weight is 270 g/mol. The number of hydrogen-bond acceptors (Lipinski definition) is 2. The van der Waals surface area contributed by atoms with Crippen LogP contribution in [-0.4, -0.2) is 5.24 Å². The van der Waals surface area contributed by atoms with Gasteiger partial charge in [-0.25, -0.2) is 8.78 Å². The Morgan fingerprint density at radius 3 is 2.54 bits per heavy atom. The van der Waals surface area contributed by atoms with Gasteiger partial charge in [0.2, 0.25) is 0 Å². The Hall–Kier alpha value is -0.680. The van der Waals surface area contributed by atoms with Crippen LogP contribution >= 0.6 is 27.5 Å². The SMILES string of the molecule is Nc1c(F)c(Br)cc(F)c1C(=O)Cl. The molecule has 0 aliphatic rings. The first kappa shape index (κ1) is 10.4. The molecule has 1 rings (SSSR count). The lowest BCUT2D eigenvalue weighted by Gasteiger charge is -2.04. The Labute approximate surface area is 85.8 Å². The van der Waals surface area contributed by atoms with Crippen molar-refractivity contribution in [2.45, 2.75) is 0 Å². The second kappa shape index (κ2) is 3.59. The first-order valence-corrected chi connectivity index (χ1v) is 4.25. The molecule has 0 amide bonds. The van der Waals surface area contributed by atoms with Crippen LogP contribution in [0.2, 0.25) is 0 Å². The molecule has 0 radical (unpaired) electrons. The summed E-state index contributed by atoms with van der Waals surface area (Å²) in [6.07, 6.45) is 0. The molecule has 0 saturated heterocycles. The average Bonchev–Trinajstić information content (AvgIpc) is 1.99. The highest BCUT2D eigenvalue weighted by Gasteiger charge is 2.19. The van der Waals surface area contributed by atoms with Crippen LogP contribution < -0.4 is 5.73 Å². The molecule has 6 heteroatoms. The standard InChI is InChI=1S/C7H3BrClF2NO/c8-2-1-3(10)4(7(9)13)6(12)5(2)11/h1H,12H2. The van der Waals surface area contributed by atoms with E-state index in [1.165, 1.54) is 0 Å². The predicted octanol–water partition coefficient (Wildman–Crippen LogP) is 2.69. The fourth-order valence-corrected chi connectivity index (χ4v) is 1.42. The zero-order valence-corrected chi connectivity index (χ0v) is 8.42. The number of nitrogen functional groups attached to an aromatic ring is 1. The molecule has 0 heterocycles. The highest BCUT2D eigenvalue weighted by molar-refractivity contribution is 9.10. The maximum atomic E-state index is 13.0. The Kier molecular flexibility index (Phi) is 2.87. The molecule has 0 unspecified atom stereocenters. The molecule has 0 aliphatic heterocycles. The minimum absolute atomic E-state index is 0.149. The van der Waals surface area contributed by atoms with E-state index in [9.17, 15) is 13.6 Å². The minimum Gasteiger partial charge on any atom is -0.396 e. The van der Waals surface area contributed by atoms with Crippen molar-refractivity contribution in [2.75, 3.05) is 5.73 Å². The van der Waals surface area contributed by atoms with Crippen LogP contribution in [0.25, 0.3) is 0 Å². The van der Waals surface area contributed by atoms with Gasteiger partial charge in [-0.15, -0.1) is 0 Å². The Balaban J connectivity index is 3.53. The van der Waals surface area contributed by atoms with E-state index >= 15 is 0 Å². The van der Waals surface area contributed by atoms with Gasteiger partial charge in [-0.2, -0.15) is 0 Å². The first-order chi connectivity index (χ1) is 5.95. The van der Waals surface area contributed by atoms with E-state index in [0.29, 0.717) is 0 Å². The normalized spacial score (nSPS) is 10.2. The van der Waals surface area contributed by atoms with E-state index in [1.807, 2.05) is 0 Å². The third kappa shape index (κ3) is 1.81. The summed E-state index contributed by atoms with van der Waals surface area (Å²) in [6.45, 7) is 0. The quantitative estimate of drug-likeness (QED) is 0.484. The molecule has 70 valence electrons. The summed E-state index contributed by atoms with van der Waals surface area (Å²) in [4.78, 5) is 10.6. The molecule has 2 nitrogen and oxygen atoms in total. The van der Waals surface area contributed by atoms with Crippen LogP contribution in [0.3, 0.4) is 0 Å². The third-order valence-corrected chi connectivity index (χ3v) is 2.17. The lowest BCUT2D eigenvalue weighted by Crippen LogP contribution is -2.05. The van der Waals surface area contributed by atoms with E-state index < -0.39 is 28.1 Å². The zero-order valence-electron chi connectivity index (χ0n) is 6.07. The van der Waals surface area contributed by atoms with Gasteiger partial charge in [0, 0.05) is 0 Å². The fraction of sp³-hybridized carbons (Fsp3) is 0. The number of hydrogen-bond donors (Lipinski definition) is 1. The second-order valence-electron chi connectivity index (χ2n) is 2.22. The summed E-state index contributed by atoms with van der Waals surface area (Å²) in [5, 5.41) is -1.12. The van der Waals surface area contributed by atoms with Crippen molar-refractivity contribution in [2.24, 2.45) is 0 Å². The summed E-state index contributed by atoms with van der Waals surface area (Å²) >= 11 is 7.73. The van der Waals surface area contributed by atoms with Crippen molar-refractivity contribution in [1.29, 1.82) is 0 Å². The van der Waals surface area contributed by atoms with Crippen LogP contribution in [0.4, 0.5) is 14.5 Å². The Morgan fingerprint density at radius 2 is 2.08 bits per heavy atom. The molecule has 0 atom stereocenters. The van der Waals surface area contributed by atoms with Crippen LogP contribution in [0.5, 0.6) is 0 Å². The van der Waals surface area contributed by atoms with Gasteiger partial charge in [-0.05, 0) is 33.6 Å². The van der Waals surface area contributed by atoms with Gasteiger partial charge in [0.15, 0.2) is 5.82 Å². The molecule has 0 aromatic heterocycles. The van der Waals surface area contributed by atoms with E-state index in [1.54, 1.807) is 0 Å². The van der Waals surface area contributed by atoms with Crippen molar-refractivity contribution in [1.82, 2.24) is 0 Å². The highest BCUT2D eigenvalue weighted by Crippen LogP contribution is 2.28. The number of carbonyl (C=O) groups is 1. The van der Waals surface area contributed by atoms with Crippen LogP contribution in [0, 0.1) is 11.6 Å². The Bertz CT molecular complexity index is 383. The molecular formula is C7H3BrClF2NO. The summed E-state index contributed by atoms with van der Waals surface area (Å²) in [5.41, 5.74) is 3.91. The molecule has 2 N–H and O–H groups in total. The third-order valence-electron chi connectivity index (χ3n) is 1.40. The van der Waals surface area contributed by atoms with Gasteiger partial charge in [0.1, 0.15) is 5.82 Å². The lowest BCUT2D eigenvalue weighted by molar-refractivity contribution is 0.107. The second-order valence-corrected chi connectivity index (χ2v) is 3.41. The minimum atomic E-state index is -1.12. The van der Waals surface area contributed by atoms with E-state index in [0.717, 1.165) is 6.07 Å². The zero-order chi connectivity index (χ0) is 10.2. The summed E-state index contributed by atoms with van der Waals surface area (Å²) < 4.78 is 25.8. The molecule has 0 bridgehead atoms. The van der Waals surface area contributed by atoms with Gasteiger partial charge in [0.25, 0.3) is 5.24 Å². The molecule has 1 aromatic carbocycles. The smallest absolute Gasteiger partial charge is 0.257 e. The van der Waals surface area contributed by atoms with Gasteiger partial charge < -0.3 is 5.73 Å². The number of rotatable bonds is 1. The van der Waals surface area contributed by atoms with Gasteiger partial charge in [-0.3, -0.25) is 4.79 Å². The van der Waals surface area contributed by atoms with Crippen molar-refractivity contribution in [3.63, 3.8) is 0 Å². The maximum Gasteiger partial charge on any atom is 0.257 e. The van der Waals surface area contributed by atoms with Crippen molar-refractivity contribution in [3.8, 4) is 0 Å². The molecular weight excluding hydrogens is 267 g/mol. The summed E-state index contributed by atoms with van der Waals surface area (Å²) in [6, 6.07) is 0.793. The van der Waals surface area contributed by atoms with E-state index in [2.05, 4.69) is 15.9 Å². The van der Waals surface area contributed by atoms with Crippen molar-refractivity contribution in [3.05, 3.63) is 27.7 Å². The Morgan fingerprint density at radius 1 is 1.54 bits per heavy atom. The van der Waals surface area contributed by atoms with Crippen LogP contribution in [-0.2, 0) is 0 Å². The van der Waals surface area contributed by atoms with Crippen LogP contribution in [0.1, 0.15) is 10.4 Å². The molecule has 0 saturated carbocycles. The molecule has 13 heavy (non-hydrogen) atoms. The summed E-state index contributed by atoms with van der Waals surface area (Å²) in [7, 11) is 0. The summed E-state index contributed by atoms with van der Waals surface area (Å²) in [5.74, 6) is -1.85. The number of anilines is 1. The number of carbonyl (C=O) groups excluding carboxylic acids is 1. The number of halogens is 4. The molecule has 0 fully saturated rings. The van der Waals surface area contributed by atoms with Crippen molar-refractivity contribution < 1.29 is 13.6 Å². The maximum absolute atomic E-state index is 13.0. The van der Waals surface area contributed by atoms with Gasteiger partial charge in [-0.1, -0.05) is 0 Å². The van der Waals surface area contributed by atoms with Crippen molar-refractivity contribution >= 4 is 38.5 Å². The van der Waals surface area contributed by atoms with E-state index in [-0.39, 0.29) is 4.47 Å². The van der Waals surface area contributed by atoms with Gasteiger partial charge >= 0.3 is 0 Å². The first-order valence-electron chi connectivity index (χ1n) is 3.08. The van der Waals surface area contributed by atoms with Gasteiger partial charge in [0.05, 0.1) is 15.7 Å². The lowest BCUT2D eigenvalue weighted by atomic mass is 10.2. The number of benzene rings is 1. The molecule has 0 aliphatic carbocycles. The topological polar surface area (TPSA) is 43.1 Å². The molecule has 1 aromatic rings. The van der Waals surface area contributed by atoms with E-state index in [4.69, 9.17) is 17.3 Å². The highest BCUT2D eigenvalue weighted by atomic mass is 79.9. The molecule has 0 spiro atoms. The fourth-order valence-electron chi connectivity index (χ4n) is 0.814. The van der Waals surface area contributed by atoms with Crippen LogP contribution in [0.15, 0.2) is 10.5 Å². The number of nitrogens with two attached hydrogens (primary N) is 1. The predicted molar refractivity (Wildman–Crippen MR) is 48.7 cm³/mol.